The molecule has 2 heterocycles. The Morgan fingerprint density at radius 1 is 1.29 bits per heavy atom. The smallest absolute Gasteiger partial charge is 0.328 e. The zero-order valence-electron chi connectivity index (χ0n) is 9.67. The molecule has 0 unspecified atom stereocenters. The van der Waals surface area contributed by atoms with Crippen LogP contribution in [0.25, 0.3) is 6.08 Å². The Morgan fingerprint density at radius 3 is 2.65 bits per heavy atom. The van der Waals surface area contributed by atoms with Crippen LogP contribution < -0.4 is 4.90 Å². The number of hydrogen-bond donors (Lipinski definition) is 1. The third-order valence-corrected chi connectivity index (χ3v) is 2.87. The van der Waals surface area contributed by atoms with Crippen molar-refractivity contribution in [2.45, 2.75) is 19.3 Å². The van der Waals surface area contributed by atoms with E-state index in [4.69, 9.17) is 5.11 Å². The average Bonchev–Trinajstić information content (AvgIpc) is 2.38. The molecule has 0 atom stereocenters. The average molecular weight is 232 g/mol. The summed E-state index contributed by atoms with van der Waals surface area (Å²) in [7, 11) is 0. The van der Waals surface area contributed by atoms with Gasteiger partial charge in [0.2, 0.25) is 0 Å². The molecule has 1 aromatic rings. The summed E-state index contributed by atoms with van der Waals surface area (Å²) in [5.74, 6) is 0.0438. The van der Waals surface area contributed by atoms with Crippen molar-refractivity contribution in [1.82, 2.24) is 4.98 Å². The van der Waals surface area contributed by atoms with E-state index in [1.54, 1.807) is 12.3 Å². The number of carboxylic acids is 1. The minimum Gasteiger partial charge on any atom is -0.478 e. The molecule has 4 heteroatoms. The van der Waals surface area contributed by atoms with Gasteiger partial charge in [0.05, 0.1) is 0 Å². The highest BCUT2D eigenvalue weighted by Crippen LogP contribution is 2.17. The summed E-state index contributed by atoms with van der Waals surface area (Å²) in [6, 6.07) is 3.85. The Hall–Kier alpha value is -1.84. The lowest BCUT2D eigenvalue weighted by molar-refractivity contribution is -0.131. The second kappa shape index (κ2) is 5.48. The maximum atomic E-state index is 10.4. The maximum Gasteiger partial charge on any atom is 0.328 e. The van der Waals surface area contributed by atoms with E-state index in [2.05, 4.69) is 9.88 Å². The van der Waals surface area contributed by atoms with Gasteiger partial charge in [0, 0.05) is 25.4 Å². The van der Waals surface area contributed by atoms with Gasteiger partial charge < -0.3 is 10.0 Å². The Kier molecular flexibility index (Phi) is 3.75. The van der Waals surface area contributed by atoms with Gasteiger partial charge in [-0.1, -0.05) is 0 Å². The topological polar surface area (TPSA) is 53.4 Å². The third-order valence-electron chi connectivity index (χ3n) is 2.87. The van der Waals surface area contributed by atoms with Crippen molar-refractivity contribution in [3.8, 4) is 0 Å². The van der Waals surface area contributed by atoms with E-state index >= 15 is 0 Å². The predicted molar refractivity (Wildman–Crippen MR) is 67.0 cm³/mol. The zero-order valence-corrected chi connectivity index (χ0v) is 9.67. The maximum absolute atomic E-state index is 10.4. The first-order chi connectivity index (χ1) is 8.25. The highest BCUT2D eigenvalue weighted by atomic mass is 16.4. The van der Waals surface area contributed by atoms with Crippen LogP contribution in [0.2, 0.25) is 0 Å². The van der Waals surface area contributed by atoms with Crippen LogP contribution in [0.1, 0.15) is 24.8 Å². The quantitative estimate of drug-likeness (QED) is 0.811. The molecule has 1 fully saturated rings. The molecule has 1 saturated heterocycles. The largest absolute Gasteiger partial charge is 0.478 e. The first kappa shape index (κ1) is 11.6. The van der Waals surface area contributed by atoms with Crippen LogP contribution in [-0.2, 0) is 4.79 Å². The lowest BCUT2D eigenvalue weighted by atomic mass is 10.1. The summed E-state index contributed by atoms with van der Waals surface area (Å²) in [5.41, 5.74) is 0.813. The van der Waals surface area contributed by atoms with Gasteiger partial charge in [-0.3, -0.25) is 0 Å². The van der Waals surface area contributed by atoms with Crippen LogP contribution in [0.3, 0.4) is 0 Å². The molecular weight excluding hydrogens is 216 g/mol. The Bertz CT molecular complexity index is 406. The standard InChI is InChI=1S/C13H16N2O2/c16-13(17)7-5-11-4-6-12(14-10-11)15-8-2-1-3-9-15/h4-7,10H,1-3,8-9H2,(H,16,17)/b7-5+. The molecule has 0 aromatic carbocycles. The summed E-state index contributed by atoms with van der Waals surface area (Å²) < 4.78 is 0. The minimum absolute atomic E-state index is 0.813. The Labute approximate surface area is 101 Å². The van der Waals surface area contributed by atoms with Crippen LogP contribution in [0.15, 0.2) is 24.4 Å². The highest BCUT2D eigenvalue weighted by molar-refractivity contribution is 5.85. The van der Waals surface area contributed by atoms with E-state index < -0.39 is 5.97 Å². The number of aliphatic carboxylic acids is 1. The van der Waals surface area contributed by atoms with E-state index in [-0.39, 0.29) is 0 Å². The van der Waals surface area contributed by atoms with Crippen molar-refractivity contribution in [2.24, 2.45) is 0 Å². The van der Waals surface area contributed by atoms with Crippen molar-refractivity contribution >= 4 is 17.9 Å². The lowest BCUT2D eigenvalue weighted by Crippen LogP contribution is -2.29. The molecule has 0 radical (unpaired) electrons. The van der Waals surface area contributed by atoms with E-state index in [1.165, 1.54) is 19.3 Å². The molecule has 4 nitrogen and oxygen atoms in total. The lowest BCUT2D eigenvalue weighted by Gasteiger charge is -2.27. The molecule has 1 aliphatic heterocycles. The minimum atomic E-state index is -0.940. The molecule has 90 valence electrons. The van der Waals surface area contributed by atoms with Gasteiger partial charge in [0.25, 0.3) is 0 Å². The summed E-state index contributed by atoms with van der Waals surface area (Å²) in [6.45, 7) is 2.13. The van der Waals surface area contributed by atoms with E-state index in [0.29, 0.717) is 0 Å². The number of aromatic nitrogens is 1. The van der Waals surface area contributed by atoms with E-state index in [1.807, 2.05) is 12.1 Å². The van der Waals surface area contributed by atoms with Crippen LogP contribution in [-0.4, -0.2) is 29.1 Å². The molecule has 1 aliphatic rings. The van der Waals surface area contributed by atoms with Crippen LogP contribution in [0.4, 0.5) is 5.82 Å². The molecule has 1 aromatic heterocycles. The molecule has 0 bridgehead atoms. The fourth-order valence-electron chi connectivity index (χ4n) is 1.97. The number of carboxylic acid groups (broad SMARTS) is 1. The number of nitrogens with zero attached hydrogens (tertiary/aromatic N) is 2. The molecule has 1 N–H and O–H groups in total. The normalized spacial score (nSPS) is 16.4. The first-order valence-corrected chi connectivity index (χ1v) is 5.88. The SMILES string of the molecule is O=C(O)/C=C/c1ccc(N2CCCCC2)nc1. The molecular formula is C13H16N2O2. The number of hydrogen-bond acceptors (Lipinski definition) is 3. The number of rotatable bonds is 3. The van der Waals surface area contributed by atoms with Gasteiger partial charge in [-0.2, -0.15) is 0 Å². The van der Waals surface area contributed by atoms with Crippen LogP contribution >= 0.6 is 0 Å². The van der Waals surface area contributed by atoms with Gasteiger partial charge in [-0.05, 0) is 43.0 Å². The number of anilines is 1. The Balaban J connectivity index is 2.04. The fourth-order valence-corrected chi connectivity index (χ4v) is 1.97. The van der Waals surface area contributed by atoms with Crippen molar-refractivity contribution in [3.63, 3.8) is 0 Å². The second-order valence-corrected chi connectivity index (χ2v) is 4.17. The summed E-state index contributed by atoms with van der Waals surface area (Å²) in [4.78, 5) is 17.0. The van der Waals surface area contributed by atoms with Crippen molar-refractivity contribution in [1.29, 1.82) is 0 Å². The molecule has 2 rings (SSSR count). The second-order valence-electron chi connectivity index (χ2n) is 4.17. The third kappa shape index (κ3) is 3.31. The highest BCUT2D eigenvalue weighted by Gasteiger charge is 2.11. The zero-order chi connectivity index (χ0) is 12.1. The van der Waals surface area contributed by atoms with Gasteiger partial charge in [-0.15, -0.1) is 0 Å². The van der Waals surface area contributed by atoms with E-state index in [0.717, 1.165) is 30.5 Å². The first-order valence-electron chi connectivity index (χ1n) is 5.88. The Morgan fingerprint density at radius 2 is 2.06 bits per heavy atom. The van der Waals surface area contributed by atoms with Gasteiger partial charge >= 0.3 is 5.97 Å². The van der Waals surface area contributed by atoms with Crippen LogP contribution in [0.5, 0.6) is 0 Å². The molecule has 17 heavy (non-hydrogen) atoms. The summed E-state index contributed by atoms with van der Waals surface area (Å²) in [5, 5.41) is 8.52. The van der Waals surface area contributed by atoms with Gasteiger partial charge in [0.1, 0.15) is 5.82 Å². The van der Waals surface area contributed by atoms with Gasteiger partial charge in [-0.25, -0.2) is 9.78 Å². The molecule has 0 spiro atoms. The van der Waals surface area contributed by atoms with Gasteiger partial charge in [0.15, 0.2) is 0 Å². The number of pyridine rings is 1. The van der Waals surface area contributed by atoms with Crippen molar-refractivity contribution in [2.75, 3.05) is 18.0 Å². The molecule has 0 aliphatic carbocycles. The number of carbonyl (C=O) groups is 1. The summed E-state index contributed by atoms with van der Waals surface area (Å²) >= 11 is 0. The molecule has 0 amide bonds. The van der Waals surface area contributed by atoms with E-state index in [9.17, 15) is 4.79 Å². The van der Waals surface area contributed by atoms with Crippen molar-refractivity contribution < 1.29 is 9.90 Å². The summed E-state index contributed by atoms with van der Waals surface area (Å²) in [6.07, 6.45) is 8.14. The molecule has 0 saturated carbocycles. The van der Waals surface area contributed by atoms with Crippen molar-refractivity contribution in [3.05, 3.63) is 30.0 Å². The fraction of sp³-hybridized carbons (Fsp3) is 0.385. The predicted octanol–water partition coefficient (Wildman–Crippen LogP) is 2.17. The number of piperidine rings is 1. The van der Waals surface area contributed by atoms with Crippen LogP contribution in [0, 0.1) is 0 Å². The monoisotopic (exact) mass is 232 g/mol.